The van der Waals surface area contributed by atoms with Gasteiger partial charge in [0.15, 0.2) is 5.75 Å². The summed E-state index contributed by atoms with van der Waals surface area (Å²) in [7, 11) is 1.48. The quantitative estimate of drug-likeness (QED) is 0.562. The molecule has 0 atom stereocenters. The van der Waals surface area contributed by atoms with Crippen LogP contribution in [-0.4, -0.2) is 29.5 Å². The normalized spacial score (nSPS) is 10.7. The number of halogens is 1. The molecule has 30 heavy (non-hydrogen) atoms. The van der Waals surface area contributed by atoms with Crippen LogP contribution < -0.4 is 9.47 Å². The van der Waals surface area contributed by atoms with E-state index in [4.69, 9.17) is 25.8 Å². The van der Waals surface area contributed by atoms with Crippen LogP contribution in [0.5, 0.6) is 11.5 Å². The van der Waals surface area contributed by atoms with Gasteiger partial charge in [-0.3, -0.25) is 19.0 Å². The Hall–Kier alpha value is -3.32. The Morgan fingerprint density at radius 1 is 1.00 bits per heavy atom. The van der Waals surface area contributed by atoms with Crippen molar-refractivity contribution < 1.29 is 28.6 Å². The van der Waals surface area contributed by atoms with Gasteiger partial charge in [-0.15, -0.1) is 0 Å². The third kappa shape index (κ3) is 4.02. The number of hydrogen-bond acceptors (Lipinski definition) is 6. The van der Waals surface area contributed by atoms with Crippen LogP contribution in [0.4, 0.5) is 0 Å². The van der Waals surface area contributed by atoms with E-state index in [0.29, 0.717) is 38.5 Å². The minimum absolute atomic E-state index is 0.108. The lowest BCUT2D eigenvalue weighted by atomic mass is 10.1. The van der Waals surface area contributed by atoms with Gasteiger partial charge < -0.3 is 14.2 Å². The fraction of sp³-hybridized carbons (Fsp3) is 0.227. The number of ether oxygens (including phenoxy) is 3. The van der Waals surface area contributed by atoms with Crippen molar-refractivity contribution in [3.63, 3.8) is 0 Å². The Balaban J connectivity index is 2.30. The average Bonchev–Trinajstić information content (AvgIpc) is 2.97. The van der Waals surface area contributed by atoms with Crippen molar-refractivity contribution in [2.24, 2.45) is 0 Å². The standard InChI is InChI=1S/C22H20ClNO6/c1-12-21(30-14(3)26)20-17(11-29-13(2)25)19(28-4)10-9-18(20)24(12)22(27)15-5-7-16(23)8-6-15/h5-10H,11H2,1-4H3. The number of benzene rings is 2. The number of aromatic nitrogens is 1. The van der Waals surface area contributed by atoms with Crippen LogP contribution in [0, 0.1) is 6.92 Å². The molecule has 0 bridgehead atoms. The van der Waals surface area contributed by atoms with E-state index in [2.05, 4.69) is 0 Å². The summed E-state index contributed by atoms with van der Waals surface area (Å²) in [4.78, 5) is 36.5. The molecule has 1 heterocycles. The van der Waals surface area contributed by atoms with Crippen LogP contribution >= 0.6 is 11.6 Å². The number of rotatable bonds is 5. The Bertz CT molecular complexity index is 1150. The number of hydrogen-bond donors (Lipinski definition) is 0. The monoisotopic (exact) mass is 429 g/mol. The van der Waals surface area contributed by atoms with Crippen LogP contribution in [0.15, 0.2) is 36.4 Å². The van der Waals surface area contributed by atoms with Gasteiger partial charge >= 0.3 is 11.9 Å². The fourth-order valence-electron chi connectivity index (χ4n) is 3.28. The van der Waals surface area contributed by atoms with E-state index in [9.17, 15) is 14.4 Å². The fourth-order valence-corrected chi connectivity index (χ4v) is 3.41. The minimum atomic E-state index is -0.544. The van der Waals surface area contributed by atoms with Crippen molar-refractivity contribution in [3.05, 3.63) is 58.2 Å². The lowest BCUT2D eigenvalue weighted by Crippen LogP contribution is -2.13. The number of methoxy groups -OCH3 is 1. The van der Waals surface area contributed by atoms with E-state index >= 15 is 0 Å². The van der Waals surface area contributed by atoms with Gasteiger partial charge in [0.1, 0.15) is 12.4 Å². The average molecular weight is 430 g/mol. The van der Waals surface area contributed by atoms with Gasteiger partial charge in [0.2, 0.25) is 0 Å². The van der Waals surface area contributed by atoms with Gasteiger partial charge in [0.25, 0.3) is 5.91 Å². The molecule has 8 heteroatoms. The Morgan fingerprint density at radius 3 is 2.23 bits per heavy atom. The molecule has 0 unspecified atom stereocenters. The molecule has 2 aromatic carbocycles. The van der Waals surface area contributed by atoms with Gasteiger partial charge in [-0.1, -0.05) is 11.6 Å². The second-order valence-corrected chi connectivity index (χ2v) is 7.01. The number of carbonyl (C=O) groups is 3. The summed E-state index contributed by atoms with van der Waals surface area (Å²) < 4.78 is 17.5. The van der Waals surface area contributed by atoms with Crippen LogP contribution in [-0.2, 0) is 20.9 Å². The summed E-state index contributed by atoms with van der Waals surface area (Å²) in [5.74, 6) is -0.695. The first-order valence-corrected chi connectivity index (χ1v) is 9.45. The molecule has 0 saturated carbocycles. The van der Waals surface area contributed by atoms with Crippen molar-refractivity contribution >= 4 is 40.3 Å². The molecule has 0 amide bonds. The molecule has 156 valence electrons. The molecule has 0 fully saturated rings. The van der Waals surface area contributed by atoms with Gasteiger partial charge in [-0.05, 0) is 43.3 Å². The highest BCUT2D eigenvalue weighted by Gasteiger charge is 2.26. The third-order valence-electron chi connectivity index (χ3n) is 4.56. The second kappa shape index (κ2) is 8.59. The number of esters is 2. The highest BCUT2D eigenvalue weighted by Crippen LogP contribution is 2.40. The summed E-state index contributed by atoms with van der Waals surface area (Å²) in [5.41, 5.74) is 1.82. The predicted octanol–water partition coefficient (Wildman–Crippen LogP) is 4.29. The molecule has 0 aliphatic rings. The van der Waals surface area contributed by atoms with Crippen molar-refractivity contribution in [1.29, 1.82) is 0 Å². The molecule has 3 rings (SSSR count). The first kappa shape index (κ1) is 21.4. The Labute approximate surface area is 178 Å². The maximum Gasteiger partial charge on any atom is 0.308 e. The lowest BCUT2D eigenvalue weighted by Gasteiger charge is -2.12. The maximum atomic E-state index is 13.3. The van der Waals surface area contributed by atoms with Crippen LogP contribution in [0.1, 0.15) is 35.5 Å². The summed E-state index contributed by atoms with van der Waals surface area (Å²) >= 11 is 5.93. The first-order valence-electron chi connectivity index (χ1n) is 9.07. The Morgan fingerprint density at radius 2 is 1.67 bits per heavy atom. The lowest BCUT2D eigenvalue weighted by molar-refractivity contribution is -0.142. The van der Waals surface area contributed by atoms with Crippen LogP contribution in [0.2, 0.25) is 5.02 Å². The van der Waals surface area contributed by atoms with E-state index in [1.165, 1.54) is 25.5 Å². The summed E-state index contributed by atoms with van der Waals surface area (Å²) in [6.07, 6.45) is 0. The van der Waals surface area contributed by atoms with Gasteiger partial charge in [-0.2, -0.15) is 0 Å². The summed E-state index contributed by atoms with van der Waals surface area (Å²) in [5, 5.41) is 0.972. The highest BCUT2D eigenvalue weighted by molar-refractivity contribution is 6.30. The van der Waals surface area contributed by atoms with E-state index in [1.807, 2.05) is 0 Å². The van der Waals surface area contributed by atoms with Gasteiger partial charge in [-0.25, -0.2) is 0 Å². The smallest absolute Gasteiger partial charge is 0.308 e. The molecular formula is C22H20ClNO6. The molecule has 0 radical (unpaired) electrons. The van der Waals surface area contributed by atoms with Gasteiger partial charge in [0.05, 0.1) is 23.7 Å². The number of carbonyl (C=O) groups excluding carboxylic acids is 3. The molecule has 7 nitrogen and oxygen atoms in total. The van der Waals surface area contributed by atoms with Crippen LogP contribution in [0.3, 0.4) is 0 Å². The zero-order valence-electron chi connectivity index (χ0n) is 16.9. The van der Waals surface area contributed by atoms with E-state index in [0.717, 1.165) is 0 Å². The summed E-state index contributed by atoms with van der Waals surface area (Å²) in [6, 6.07) is 9.84. The van der Waals surface area contributed by atoms with Gasteiger partial charge in [0, 0.05) is 30.0 Å². The van der Waals surface area contributed by atoms with Crippen molar-refractivity contribution in [2.45, 2.75) is 27.4 Å². The zero-order chi connectivity index (χ0) is 22.0. The number of fused-ring (bicyclic) bond motifs is 1. The predicted molar refractivity (Wildman–Crippen MR) is 111 cm³/mol. The molecule has 1 aromatic heterocycles. The van der Waals surface area contributed by atoms with Crippen molar-refractivity contribution in [3.8, 4) is 11.5 Å². The third-order valence-corrected chi connectivity index (χ3v) is 4.81. The first-order chi connectivity index (χ1) is 14.2. The highest BCUT2D eigenvalue weighted by atomic mass is 35.5. The second-order valence-electron chi connectivity index (χ2n) is 6.58. The van der Waals surface area contributed by atoms with E-state index < -0.39 is 11.9 Å². The zero-order valence-corrected chi connectivity index (χ0v) is 17.7. The largest absolute Gasteiger partial charge is 0.496 e. The minimum Gasteiger partial charge on any atom is -0.496 e. The molecule has 0 spiro atoms. The molecular weight excluding hydrogens is 410 g/mol. The molecule has 3 aromatic rings. The van der Waals surface area contributed by atoms with E-state index in [-0.39, 0.29) is 18.3 Å². The van der Waals surface area contributed by atoms with Crippen LogP contribution in [0.25, 0.3) is 10.9 Å². The summed E-state index contributed by atoms with van der Waals surface area (Å²) in [6.45, 7) is 4.13. The van der Waals surface area contributed by atoms with Crippen molar-refractivity contribution in [1.82, 2.24) is 4.57 Å². The van der Waals surface area contributed by atoms with Crippen molar-refractivity contribution in [2.75, 3.05) is 7.11 Å². The topological polar surface area (TPSA) is 83.8 Å². The molecule has 0 aliphatic heterocycles. The SMILES string of the molecule is COc1ccc2c(c1COC(C)=O)c(OC(C)=O)c(C)n2C(=O)c1ccc(Cl)cc1. The molecule has 0 saturated heterocycles. The molecule has 0 aliphatic carbocycles. The molecule has 0 N–H and O–H groups in total. The number of nitrogens with zero attached hydrogens (tertiary/aromatic N) is 1. The van der Waals surface area contributed by atoms with E-state index in [1.54, 1.807) is 43.3 Å². The Kier molecular flexibility index (Phi) is 6.12. The maximum absolute atomic E-state index is 13.3.